The summed E-state index contributed by atoms with van der Waals surface area (Å²) in [4.78, 5) is 11.6. The standard InChI is InChI=1S/C17H17F3N2O3S/c1-10(12-7-8-13(18)15(20)9-12)21-17(23)11(2)22-26(24,25)16-6-4-3-5-14(16)19/h3-11,22H,1-2H3,(H,21,23)/t10-,11+/m1/s1. The maximum absolute atomic E-state index is 13.7. The molecule has 1 amide bonds. The van der Waals surface area contributed by atoms with Crippen molar-refractivity contribution in [2.24, 2.45) is 0 Å². The van der Waals surface area contributed by atoms with Gasteiger partial charge in [-0.15, -0.1) is 0 Å². The average Bonchev–Trinajstić information content (AvgIpc) is 2.57. The van der Waals surface area contributed by atoms with Crippen LogP contribution in [0, 0.1) is 17.5 Å². The summed E-state index contributed by atoms with van der Waals surface area (Å²) in [5, 5.41) is 2.48. The molecule has 2 atom stereocenters. The third-order valence-corrected chi connectivity index (χ3v) is 5.23. The fourth-order valence-electron chi connectivity index (χ4n) is 2.22. The summed E-state index contributed by atoms with van der Waals surface area (Å²) in [5.41, 5.74) is 0.307. The molecule has 0 radical (unpaired) electrons. The van der Waals surface area contributed by atoms with Crippen LogP contribution in [-0.4, -0.2) is 20.4 Å². The number of benzene rings is 2. The quantitative estimate of drug-likeness (QED) is 0.802. The minimum atomic E-state index is -4.24. The van der Waals surface area contributed by atoms with Crippen molar-refractivity contribution < 1.29 is 26.4 Å². The van der Waals surface area contributed by atoms with Crippen molar-refractivity contribution in [2.75, 3.05) is 0 Å². The number of halogens is 3. The third-order valence-electron chi connectivity index (χ3n) is 3.65. The molecule has 0 aromatic heterocycles. The summed E-state index contributed by atoms with van der Waals surface area (Å²) >= 11 is 0. The van der Waals surface area contributed by atoms with Crippen molar-refractivity contribution in [3.05, 3.63) is 65.5 Å². The first-order chi connectivity index (χ1) is 12.1. The average molecular weight is 386 g/mol. The minimum Gasteiger partial charge on any atom is -0.348 e. The maximum Gasteiger partial charge on any atom is 0.244 e. The molecule has 140 valence electrons. The molecule has 2 N–H and O–H groups in total. The molecule has 0 saturated carbocycles. The van der Waals surface area contributed by atoms with Crippen molar-refractivity contribution in [2.45, 2.75) is 30.8 Å². The summed E-state index contributed by atoms with van der Waals surface area (Å²) in [5.74, 6) is -3.72. The number of hydrogen-bond acceptors (Lipinski definition) is 3. The van der Waals surface area contributed by atoms with E-state index >= 15 is 0 Å². The van der Waals surface area contributed by atoms with Gasteiger partial charge in [-0.05, 0) is 43.7 Å². The van der Waals surface area contributed by atoms with Gasteiger partial charge in [0.15, 0.2) is 11.6 Å². The van der Waals surface area contributed by atoms with Gasteiger partial charge in [-0.25, -0.2) is 21.6 Å². The normalized spacial score (nSPS) is 13.9. The topological polar surface area (TPSA) is 75.3 Å². The van der Waals surface area contributed by atoms with Crippen LogP contribution < -0.4 is 10.0 Å². The van der Waals surface area contributed by atoms with Gasteiger partial charge in [0.1, 0.15) is 10.7 Å². The molecule has 2 rings (SSSR count). The van der Waals surface area contributed by atoms with Crippen LogP contribution in [-0.2, 0) is 14.8 Å². The van der Waals surface area contributed by atoms with E-state index < -0.39 is 50.4 Å². The Morgan fingerprint density at radius 3 is 2.23 bits per heavy atom. The van der Waals surface area contributed by atoms with Crippen LogP contribution in [0.3, 0.4) is 0 Å². The Labute approximate surface area is 149 Å². The molecule has 0 bridgehead atoms. The molecule has 0 saturated heterocycles. The van der Waals surface area contributed by atoms with Crippen molar-refractivity contribution in [1.29, 1.82) is 0 Å². The Hall–Kier alpha value is -2.39. The zero-order chi connectivity index (χ0) is 19.5. The van der Waals surface area contributed by atoms with Gasteiger partial charge < -0.3 is 5.32 Å². The van der Waals surface area contributed by atoms with Crippen LogP contribution in [0.15, 0.2) is 47.4 Å². The molecule has 0 aliphatic heterocycles. The molecular formula is C17H17F3N2O3S. The molecule has 2 aromatic carbocycles. The number of nitrogens with one attached hydrogen (secondary N) is 2. The van der Waals surface area contributed by atoms with Crippen molar-refractivity contribution >= 4 is 15.9 Å². The first-order valence-electron chi connectivity index (χ1n) is 7.64. The highest BCUT2D eigenvalue weighted by molar-refractivity contribution is 7.89. The summed E-state index contributed by atoms with van der Waals surface area (Å²) in [7, 11) is -4.24. The SMILES string of the molecule is C[C@H](NS(=O)(=O)c1ccccc1F)C(=O)N[C@H](C)c1ccc(F)c(F)c1. The lowest BCUT2D eigenvalue weighted by atomic mass is 10.1. The third kappa shape index (κ3) is 4.61. The fourth-order valence-corrected chi connectivity index (χ4v) is 3.50. The summed E-state index contributed by atoms with van der Waals surface area (Å²) in [6.45, 7) is 2.81. The predicted octanol–water partition coefficient (Wildman–Crippen LogP) is 2.65. The van der Waals surface area contributed by atoms with Crippen LogP contribution in [0.1, 0.15) is 25.5 Å². The summed E-state index contributed by atoms with van der Waals surface area (Å²) in [6, 6.07) is 6.02. The van der Waals surface area contributed by atoms with Crippen molar-refractivity contribution in [1.82, 2.24) is 10.0 Å². The molecule has 26 heavy (non-hydrogen) atoms. The lowest BCUT2D eigenvalue weighted by Crippen LogP contribution is -2.45. The van der Waals surface area contributed by atoms with Crippen LogP contribution in [0.5, 0.6) is 0 Å². The fraction of sp³-hybridized carbons (Fsp3) is 0.235. The second kappa shape index (κ2) is 7.88. The highest BCUT2D eigenvalue weighted by atomic mass is 32.2. The number of amides is 1. The van der Waals surface area contributed by atoms with Gasteiger partial charge >= 0.3 is 0 Å². The van der Waals surface area contributed by atoms with E-state index in [0.717, 1.165) is 24.3 Å². The molecule has 0 spiro atoms. The largest absolute Gasteiger partial charge is 0.348 e. The van der Waals surface area contributed by atoms with Crippen molar-refractivity contribution in [3.63, 3.8) is 0 Å². The zero-order valence-electron chi connectivity index (χ0n) is 14.0. The predicted molar refractivity (Wildman–Crippen MR) is 89.1 cm³/mol. The highest BCUT2D eigenvalue weighted by Crippen LogP contribution is 2.17. The Balaban J connectivity index is 2.07. The van der Waals surface area contributed by atoms with Crippen LogP contribution >= 0.6 is 0 Å². The molecule has 0 unspecified atom stereocenters. The van der Waals surface area contributed by atoms with Crippen LogP contribution in [0.2, 0.25) is 0 Å². The van der Waals surface area contributed by atoms with Gasteiger partial charge in [0.25, 0.3) is 0 Å². The van der Waals surface area contributed by atoms with Gasteiger partial charge in [-0.3, -0.25) is 4.79 Å². The smallest absolute Gasteiger partial charge is 0.244 e. The molecule has 0 fully saturated rings. The van der Waals surface area contributed by atoms with E-state index in [4.69, 9.17) is 0 Å². The number of rotatable bonds is 6. The molecule has 2 aromatic rings. The Morgan fingerprint density at radius 1 is 0.962 bits per heavy atom. The van der Waals surface area contributed by atoms with Gasteiger partial charge in [0.2, 0.25) is 15.9 Å². The summed E-state index contributed by atoms with van der Waals surface area (Å²) in [6.07, 6.45) is 0. The number of carbonyl (C=O) groups is 1. The first kappa shape index (κ1) is 19.9. The van der Waals surface area contributed by atoms with E-state index in [-0.39, 0.29) is 0 Å². The lowest BCUT2D eigenvalue weighted by molar-refractivity contribution is -0.123. The van der Waals surface area contributed by atoms with E-state index in [0.29, 0.717) is 5.56 Å². The molecule has 0 aliphatic rings. The Kier molecular flexibility index (Phi) is 6.04. The van der Waals surface area contributed by atoms with Crippen molar-refractivity contribution in [3.8, 4) is 0 Å². The number of hydrogen-bond donors (Lipinski definition) is 2. The highest BCUT2D eigenvalue weighted by Gasteiger charge is 2.25. The summed E-state index contributed by atoms with van der Waals surface area (Å²) < 4.78 is 66.3. The molecular weight excluding hydrogens is 369 g/mol. The van der Waals surface area contributed by atoms with Crippen LogP contribution in [0.4, 0.5) is 13.2 Å². The van der Waals surface area contributed by atoms with E-state index in [2.05, 4.69) is 10.0 Å². The molecule has 9 heteroatoms. The maximum atomic E-state index is 13.7. The van der Waals surface area contributed by atoms with E-state index in [1.165, 1.54) is 32.0 Å². The zero-order valence-corrected chi connectivity index (χ0v) is 14.8. The Bertz CT molecular complexity index is 919. The number of sulfonamides is 1. The second-order valence-electron chi connectivity index (χ2n) is 5.68. The van der Waals surface area contributed by atoms with Gasteiger partial charge in [0, 0.05) is 0 Å². The van der Waals surface area contributed by atoms with Gasteiger partial charge in [-0.2, -0.15) is 4.72 Å². The number of carbonyl (C=O) groups excluding carboxylic acids is 1. The van der Waals surface area contributed by atoms with E-state index in [1.807, 2.05) is 0 Å². The monoisotopic (exact) mass is 386 g/mol. The first-order valence-corrected chi connectivity index (χ1v) is 9.12. The van der Waals surface area contributed by atoms with Crippen LogP contribution in [0.25, 0.3) is 0 Å². The molecule has 0 heterocycles. The second-order valence-corrected chi connectivity index (χ2v) is 7.36. The minimum absolute atomic E-state index is 0.307. The van der Waals surface area contributed by atoms with Gasteiger partial charge in [0.05, 0.1) is 12.1 Å². The molecule has 0 aliphatic carbocycles. The molecule has 5 nitrogen and oxygen atoms in total. The lowest BCUT2D eigenvalue weighted by Gasteiger charge is -2.19. The van der Waals surface area contributed by atoms with E-state index in [9.17, 15) is 26.4 Å². The van der Waals surface area contributed by atoms with E-state index in [1.54, 1.807) is 0 Å². The van der Waals surface area contributed by atoms with Gasteiger partial charge in [-0.1, -0.05) is 18.2 Å². The Morgan fingerprint density at radius 2 is 1.62 bits per heavy atom.